The minimum absolute atomic E-state index is 0.0554. The topological polar surface area (TPSA) is 79.3 Å². The normalized spacial score (nSPS) is 14.0. The fourth-order valence-electron chi connectivity index (χ4n) is 2.51. The Labute approximate surface area is 123 Å². The number of nitrogens with one attached hydrogen (secondary N) is 1. The lowest BCUT2D eigenvalue weighted by molar-refractivity contribution is 0.281. The zero-order valence-electron chi connectivity index (χ0n) is 11.4. The van der Waals surface area contributed by atoms with Gasteiger partial charge in [-0.05, 0) is 54.2 Å². The summed E-state index contributed by atoms with van der Waals surface area (Å²) in [5.41, 5.74) is 3.64. The molecule has 0 saturated heterocycles. The Morgan fingerprint density at radius 1 is 1.14 bits per heavy atom. The van der Waals surface area contributed by atoms with Crippen molar-refractivity contribution in [3.63, 3.8) is 0 Å². The minimum atomic E-state index is -3.70. The number of aliphatic hydroxyl groups excluding tert-OH is 1. The molecule has 0 fully saturated rings. The number of fused-ring (bicyclic) bond motifs is 1. The van der Waals surface area contributed by atoms with Gasteiger partial charge in [-0.25, -0.2) is 4.98 Å². The van der Waals surface area contributed by atoms with Crippen LogP contribution in [0.4, 0.5) is 5.69 Å². The number of rotatable bonds is 4. The molecule has 110 valence electrons. The second kappa shape index (κ2) is 5.46. The van der Waals surface area contributed by atoms with E-state index in [-0.39, 0.29) is 11.6 Å². The maximum Gasteiger partial charge on any atom is 0.279 e. The van der Waals surface area contributed by atoms with Gasteiger partial charge in [-0.3, -0.25) is 4.72 Å². The van der Waals surface area contributed by atoms with Crippen LogP contribution < -0.4 is 4.72 Å². The number of aliphatic hydroxyl groups is 1. The first kappa shape index (κ1) is 14.0. The van der Waals surface area contributed by atoms with Gasteiger partial charge in [-0.1, -0.05) is 12.1 Å². The molecule has 2 N–H and O–H groups in total. The van der Waals surface area contributed by atoms with Crippen molar-refractivity contribution in [3.05, 3.63) is 53.2 Å². The summed E-state index contributed by atoms with van der Waals surface area (Å²) in [5.74, 6) is 0. The highest BCUT2D eigenvalue weighted by molar-refractivity contribution is 7.92. The van der Waals surface area contributed by atoms with E-state index in [0.717, 1.165) is 19.3 Å². The van der Waals surface area contributed by atoms with Gasteiger partial charge in [-0.2, -0.15) is 8.42 Å². The second-order valence-electron chi connectivity index (χ2n) is 5.11. The summed E-state index contributed by atoms with van der Waals surface area (Å²) in [4.78, 5) is 3.88. The van der Waals surface area contributed by atoms with Crippen LogP contribution in [0.2, 0.25) is 0 Å². The van der Waals surface area contributed by atoms with Gasteiger partial charge < -0.3 is 5.11 Å². The molecule has 21 heavy (non-hydrogen) atoms. The van der Waals surface area contributed by atoms with E-state index in [9.17, 15) is 8.42 Å². The summed E-state index contributed by atoms with van der Waals surface area (Å²) >= 11 is 0. The highest BCUT2D eigenvalue weighted by atomic mass is 32.2. The summed E-state index contributed by atoms with van der Waals surface area (Å²) < 4.78 is 27.1. The molecule has 0 spiro atoms. The third-order valence-electron chi connectivity index (χ3n) is 3.61. The molecule has 1 aliphatic rings. The molecule has 1 heterocycles. The lowest BCUT2D eigenvalue weighted by atomic mass is 10.1. The van der Waals surface area contributed by atoms with E-state index in [2.05, 4.69) is 9.71 Å². The number of anilines is 1. The van der Waals surface area contributed by atoms with E-state index in [1.165, 1.54) is 23.4 Å². The maximum absolute atomic E-state index is 12.3. The van der Waals surface area contributed by atoms with Gasteiger partial charge in [0.15, 0.2) is 5.03 Å². The second-order valence-corrected chi connectivity index (χ2v) is 6.73. The lowest BCUT2D eigenvalue weighted by Crippen LogP contribution is -2.14. The van der Waals surface area contributed by atoms with Crippen molar-refractivity contribution in [3.8, 4) is 0 Å². The Hall–Kier alpha value is -1.92. The number of hydrogen-bond donors (Lipinski definition) is 2. The largest absolute Gasteiger partial charge is 0.392 e. The van der Waals surface area contributed by atoms with Crippen molar-refractivity contribution in [2.45, 2.75) is 30.9 Å². The molecule has 3 rings (SSSR count). The summed E-state index contributed by atoms with van der Waals surface area (Å²) in [6, 6.07) is 8.58. The van der Waals surface area contributed by atoms with Crippen LogP contribution in [0, 0.1) is 0 Å². The quantitative estimate of drug-likeness (QED) is 0.903. The van der Waals surface area contributed by atoms with E-state index in [1.54, 1.807) is 12.1 Å². The zero-order valence-corrected chi connectivity index (χ0v) is 12.2. The van der Waals surface area contributed by atoms with Crippen LogP contribution >= 0.6 is 0 Å². The first-order chi connectivity index (χ1) is 10.1. The summed E-state index contributed by atoms with van der Waals surface area (Å²) in [6.07, 6.45) is 4.54. The van der Waals surface area contributed by atoms with Crippen LogP contribution in [0.15, 0.2) is 41.6 Å². The molecule has 0 amide bonds. The number of nitrogens with zero attached hydrogens (tertiary/aromatic N) is 1. The molecule has 1 aromatic heterocycles. The van der Waals surface area contributed by atoms with Crippen LogP contribution in [0.1, 0.15) is 23.1 Å². The van der Waals surface area contributed by atoms with Gasteiger partial charge in [0.05, 0.1) is 6.61 Å². The molecule has 0 unspecified atom stereocenters. The molecule has 1 aromatic carbocycles. The molecule has 1 aliphatic carbocycles. The standard InChI is InChI=1S/C15H16N2O3S/c18-10-11-4-7-15(16-9-11)21(19,20)17-14-6-5-12-2-1-3-13(12)8-14/h4-9,17-18H,1-3,10H2. The number of aromatic nitrogens is 1. The first-order valence-electron chi connectivity index (χ1n) is 6.79. The summed E-state index contributed by atoms with van der Waals surface area (Å²) in [7, 11) is -3.70. The number of sulfonamides is 1. The maximum atomic E-state index is 12.3. The van der Waals surface area contributed by atoms with Crippen molar-refractivity contribution in [2.24, 2.45) is 0 Å². The molecule has 0 radical (unpaired) electrons. The highest BCUT2D eigenvalue weighted by Crippen LogP contribution is 2.26. The van der Waals surface area contributed by atoms with Gasteiger partial charge in [0.2, 0.25) is 0 Å². The van der Waals surface area contributed by atoms with Gasteiger partial charge >= 0.3 is 0 Å². The molecule has 0 aliphatic heterocycles. The van der Waals surface area contributed by atoms with Crippen LogP contribution in [0.25, 0.3) is 0 Å². The molecule has 0 bridgehead atoms. The Balaban J connectivity index is 1.85. The number of hydrogen-bond acceptors (Lipinski definition) is 4. The molecule has 5 nitrogen and oxygen atoms in total. The molecule has 0 saturated carbocycles. The zero-order chi connectivity index (χ0) is 14.9. The van der Waals surface area contributed by atoms with Gasteiger partial charge in [0.1, 0.15) is 0 Å². The van der Waals surface area contributed by atoms with Crippen molar-refractivity contribution in [1.29, 1.82) is 0 Å². The van der Waals surface area contributed by atoms with Crippen molar-refractivity contribution in [1.82, 2.24) is 4.98 Å². The highest BCUT2D eigenvalue weighted by Gasteiger charge is 2.17. The van der Waals surface area contributed by atoms with Gasteiger partial charge in [0, 0.05) is 11.9 Å². The summed E-state index contributed by atoms with van der Waals surface area (Å²) in [6.45, 7) is -0.161. The SMILES string of the molecule is O=S(=O)(Nc1ccc2c(c1)CCC2)c1ccc(CO)cn1. The van der Waals surface area contributed by atoms with E-state index in [0.29, 0.717) is 11.3 Å². The average molecular weight is 304 g/mol. The predicted octanol–water partition coefficient (Wildman–Crippen LogP) is 1.86. The molecular formula is C15H16N2O3S. The smallest absolute Gasteiger partial charge is 0.279 e. The van der Waals surface area contributed by atoms with Gasteiger partial charge in [0.25, 0.3) is 10.0 Å². The fraction of sp³-hybridized carbons (Fsp3) is 0.267. The van der Waals surface area contributed by atoms with E-state index in [1.807, 2.05) is 12.1 Å². The Kier molecular flexibility index (Phi) is 3.65. The Bertz CT molecular complexity index is 755. The predicted molar refractivity (Wildman–Crippen MR) is 79.4 cm³/mol. The first-order valence-corrected chi connectivity index (χ1v) is 8.27. The molecule has 0 atom stereocenters. The van der Waals surface area contributed by atoms with Crippen LogP contribution in [0.3, 0.4) is 0 Å². The molecular weight excluding hydrogens is 288 g/mol. The van der Waals surface area contributed by atoms with E-state index >= 15 is 0 Å². The molecule has 6 heteroatoms. The van der Waals surface area contributed by atoms with Crippen molar-refractivity contribution < 1.29 is 13.5 Å². The monoisotopic (exact) mass is 304 g/mol. The van der Waals surface area contributed by atoms with Crippen LogP contribution in [-0.2, 0) is 29.5 Å². The number of pyridine rings is 1. The minimum Gasteiger partial charge on any atom is -0.392 e. The third-order valence-corrected chi connectivity index (χ3v) is 4.90. The van der Waals surface area contributed by atoms with Crippen molar-refractivity contribution in [2.75, 3.05) is 4.72 Å². The lowest BCUT2D eigenvalue weighted by Gasteiger charge is -2.09. The van der Waals surface area contributed by atoms with E-state index in [4.69, 9.17) is 5.11 Å². The number of benzene rings is 1. The average Bonchev–Trinajstić information content (AvgIpc) is 2.94. The van der Waals surface area contributed by atoms with Crippen LogP contribution in [0.5, 0.6) is 0 Å². The van der Waals surface area contributed by atoms with E-state index < -0.39 is 10.0 Å². The van der Waals surface area contributed by atoms with Gasteiger partial charge in [-0.15, -0.1) is 0 Å². The molecule has 2 aromatic rings. The summed E-state index contributed by atoms with van der Waals surface area (Å²) in [5, 5.41) is 8.90. The van der Waals surface area contributed by atoms with Crippen molar-refractivity contribution >= 4 is 15.7 Å². The Morgan fingerprint density at radius 2 is 1.95 bits per heavy atom. The fourth-order valence-corrected chi connectivity index (χ4v) is 3.49. The number of aryl methyl sites for hydroxylation is 2. The van der Waals surface area contributed by atoms with Crippen LogP contribution in [-0.4, -0.2) is 18.5 Å². The third kappa shape index (κ3) is 2.91. The Morgan fingerprint density at radius 3 is 2.67 bits per heavy atom.